The first kappa shape index (κ1) is 11.5. The molecule has 5 nitrogen and oxygen atoms in total. The third kappa shape index (κ3) is 2.80. The molecule has 1 atom stereocenters. The van der Waals surface area contributed by atoms with Crippen LogP contribution in [0.4, 0.5) is 0 Å². The SMILES string of the molecule is Cc1nnc(CN2CCCCC2CCO)o1. The molecule has 90 valence electrons. The summed E-state index contributed by atoms with van der Waals surface area (Å²) in [6.45, 7) is 3.83. The minimum Gasteiger partial charge on any atom is -0.424 e. The molecule has 2 rings (SSSR count). The van der Waals surface area contributed by atoms with E-state index in [1.807, 2.05) is 0 Å². The second-order valence-corrected chi connectivity index (χ2v) is 4.35. The van der Waals surface area contributed by atoms with Crippen molar-refractivity contribution in [1.82, 2.24) is 15.1 Å². The lowest BCUT2D eigenvalue weighted by Crippen LogP contribution is -2.39. The van der Waals surface area contributed by atoms with Crippen molar-refractivity contribution in [1.29, 1.82) is 0 Å². The van der Waals surface area contributed by atoms with Gasteiger partial charge in [0.2, 0.25) is 11.8 Å². The van der Waals surface area contributed by atoms with Crippen molar-refractivity contribution < 1.29 is 9.52 Å². The van der Waals surface area contributed by atoms with Gasteiger partial charge in [-0.05, 0) is 25.8 Å². The molecule has 1 aliphatic rings. The molecule has 0 amide bonds. The summed E-state index contributed by atoms with van der Waals surface area (Å²) < 4.78 is 5.39. The summed E-state index contributed by atoms with van der Waals surface area (Å²) >= 11 is 0. The van der Waals surface area contributed by atoms with Crippen LogP contribution < -0.4 is 0 Å². The molecule has 1 aliphatic heterocycles. The Labute approximate surface area is 95.5 Å². The Morgan fingerprint density at radius 2 is 2.31 bits per heavy atom. The topological polar surface area (TPSA) is 62.4 Å². The first-order valence-corrected chi connectivity index (χ1v) is 5.93. The summed E-state index contributed by atoms with van der Waals surface area (Å²) in [6, 6.07) is 0.464. The fourth-order valence-electron chi connectivity index (χ4n) is 2.32. The van der Waals surface area contributed by atoms with Crippen LogP contribution in [0.15, 0.2) is 4.42 Å². The molecule has 0 bridgehead atoms. The van der Waals surface area contributed by atoms with Crippen LogP contribution in [0.3, 0.4) is 0 Å². The largest absolute Gasteiger partial charge is 0.424 e. The minimum absolute atomic E-state index is 0.254. The van der Waals surface area contributed by atoms with Crippen LogP contribution in [-0.2, 0) is 6.54 Å². The van der Waals surface area contributed by atoms with Crippen molar-refractivity contribution >= 4 is 0 Å². The Bertz CT molecular complexity index is 325. The smallest absolute Gasteiger partial charge is 0.230 e. The quantitative estimate of drug-likeness (QED) is 0.831. The van der Waals surface area contributed by atoms with Gasteiger partial charge in [-0.3, -0.25) is 4.90 Å². The maximum atomic E-state index is 9.03. The maximum Gasteiger partial charge on any atom is 0.230 e. The zero-order valence-corrected chi connectivity index (χ0v) is 9.72. The average Bonchev–Trinajstić information content (AvgIpc) is 2.67. The lowest BCUT2D eigenvalue weighted by molar-refractivity contribution is 0.103. The molecule has 2 heterocycles. The fourth-order valence-corrected chi connectivity index (χ4v) is 2.32. The second-order valence-electron chi connectivity index (χ2n) is 4.35. The van der Waals surface area contributed by atoms with Crippen molar-refractivity contribution in [2.24, 2.45) is 0 Å². The highest BCUT2D eigenvalue weighted by Gasteiger charge is 2.23. The molecule has 0 aliphatic carbocycles. The highest BCUT2D eigenvalue weighted by molar-refractivity contribution is 4.84. The number of piperidine rings is 1. The Kier molecular flexibility index (Phi) is 3.90. The first-order valence-electron chi connectivity index (χ1n) is 5.93. The average molecular weight is 225 g/mol. The van der Waals surface area contributed by atoms with Gasteiger partial charge in [0.05, 0.1) is 6.54 Å². The van der Waals surface area contributed by atoms with E-state index in [1.165, 1.54) is 12.8 Å². The number of nitrogens with zero attached hydrogens (tertiary/aromatic N) is 3. The summed E-state index contributed by atoms with van der Waals surface area (Å²) in [5, 5.41) is 16.9. The van der Waals surface area contributed by atoms with Crippen LogP contribution in [0.25, 0.3) is 0 Å². The van der Waals surface area contributed by atoms with Gasteiger partial charge in [0.1, 0.15) is 0 Å². The number of aryl methyl sites for hydroxylation is 1. The van der Waals surface area contributed by atoms with Gasteiger partial charge in [0.15, 0.2) is 0 Å². The molecular weight excluding hydrogens is 206 g/mol. The normalized spacial score (nSPS) is 22.5. The molecular formula is C11H19N3O2. The van der Waals surface area contributed by atoms with Crippen molar-refractivity contribution in [2.45, 2.75) is 45.2 Å². The van der Waals surface area contributed by atoms with E-state index in [9.17, 15) is 0 Å². The van der Waals surface area contributed by atoms with Gasteiger partial charge in [-0.2, -0.15) is 0 Å². The van der Waals surface area contributed by atoms with Crippen LogP contribution in [0.5, 0.6) is 0 Å². The Hall–Kier alpha value is -0.940. The van der Waals surface area contributed by atoms with Gasteiger partial charge < -0.3 is 9.52 Å². The molecule has 1 aromatic heterocycles. The third-order valence-electron chi connectivity index (χ3n) is 3.12. The molecule has 1 unspecified atom stereocenters. The van der Waals surface area contributed by atoms with Crippen molar-refractivity contribution in [3.05, 3.63) is 11.8 Å². The summed E-state index contributed by atoms with van der Waals surface area (Å²) in [6.07, 6.45) is 4.47. The molecule has 16 heavy (non-hydrogen) atoms. The number of aliphatic hydroxyl groups excluding tert-OH is 1. The van der Waals surface area contributed by atoms with E-state index in [1.54, 1.807) is 6.92 Å². The molecule has 0 spiro atoms. The van der Waals surface area contributed by atoms with Gasteiger partial charge in [-0.1, -0.05) is 6.42 Å². The summed E-state index contributed by atoms with van der Waals surface area (Å²) in [4.78, 5) is 2.34. The monoisotopic (exact) mass is 225 g/mol. The highest BCUT2D eigenvalue weighted by Crippen LogP contribution is 2.21. The number of rotatable bonds is 4. The van der Waals surface area contributed by atoms with Gasteiger partial charge in [0, 0.05) is 19.6 Å². The molecule has 5 heteroatoms. The molecule has 0 saturated carbocycles. The number of hydrogen-bond donors (Lipinski definition) is 1. The lowest BCUT2D eigenvalue weighted by Gasteiger charge is -2.34. The van der Waals surface area contributed by atoms with Crippen molar-refractivity contribution in [3.8, 4) is 0 Å². The van der Waals surface area contributed by atoms with Crippen LogP contribution in [0, 0.1) is 6.92 Å². The van der Waals surface area contributed by atoms with Gasteiger partial charge >= 0.3 is 0 Å². The van der Waals surface area contributed by atoms with Crippen LogP contribution in [0.1, 0.15) is 37.5 Å². The predicted octanol–water partition coefficient (Wildman–Crippen LogP) is 1.11. The highest BCUT2D eigenvalue weighted by atomic mass is 16.4. The van der Waals surface area contributed by atoms with E-state index in [-0.39, 0.29) is 6.61 Å². The van der Waals surface area contributed by atoms with Gasteiger partial charge in [0.25, 0.3) is 0 Å². The lowest BCUT2D eigenvalue weighted by atomic mass is 10.00. The zero-order valence-electron chi connectivity index (χ0n) is 9.72. The standard InChI is InChI=1S/C11H19N3O2/c1-9-12-13-11(16-9)8-14-6-3-2-4-10(14)5-7-15/h10,15H,2-8H2,1H3. The van der Waals surface area contributed by atoms with Crippen LogP contribution >= 0.6 is 0 Å². The van der Waals surface area contributed by atoms with E-state index in [2.05, 4.69) is 15.1 Å². The maximum absolute atomic E-state index is 9.03. The summed E-state index contributed by atoms with van der Waals surface area (Å²) in [5.74, 6) is 1.30. The zero-order chi connectivity index (χ0) is 11.4. The molecule has 1 aromatic rings. The molecule has 1 N–H and O–H groups in total. The van der Waals surface area contributed by atoms with E-state index >= 15 is 0 Å². The molecule has 0 radical (unpaired) electrons. The van der Waals surface area contributed by atoms with E-state index in [0.29, 0.717) is 24.4 Å². The fraction of sp³-hybridized carbons (Fsp3) is 0.818. The first-order chi connectivity index (χ1) is 7.79. The summed E-state index contributed by atoms with van der Waals surface area (Å²) in [7, 11) is 0. The number of aromatic nitrogens is 2. The molecule has 0 aromatic carbocycles. The van der Waals surface area contributed by atoms with Crippen LogP contribution in [0.2, 0.25) is 0 Å². The Balaban J connectivity index is 1.95. The van der Waals surface area contributed by atoms with Gasteiger partial charge in [-0.25, -0.2) is 0 Å². The van der Waals surface area contributed by atoms with Crippen LogP contribution in [-0.4, -0.2) is 39.4 Å². The number of aliphatic hydroxyl groups is 1. The minimum atomic E-state index is 0.254. The van der Waals surface area contributed by atoms with Crippen molar-refractivity contribution in [3.63, 3.8) is 0 Å². The number of likely N-dealkylation sites (tertiary alicyclic amines) is 1. The van der Waals surface area contributed by atoms with E-state index in [0.717, 1.165) is 19.4 Å². The molecule has 1 saturated heterocycles. The molecule has 1 fully saturated rings. The second kappa shape index (κ2) is 5.41. The number of hydrogen-bond acceptors (Lipinski definition) is 5. The summed E-state index contributed by atoms with van der Waals surface area (Å²) in [5.41, 5.74) is 0. The van der Waals surface area contributed by atoms with Gasteiger partial charge in [-0.15, -0.1) is 10.2 Å². The predicted molar refractivity (Wildman–Crippen MR) is 58.8 cm³/mol. The Morgan fingerprint density at radius 3 is 3.00 bits per heavy atom. The third-order valence-corrected chi connectivity index (χ3v) is 3.12. The Morgan fingerprint density at radius 1 is 1.44 bits per heavy atom. The van der Waals surface area contributed by atoms with Crippen molar-refractivity contribution in [2.75, 3.05) is 13.2 Å². The van der Waals surface area contributed by atoms with E-state index in [4.69, 9.17) is 9.52 Å². The van der Waals surface area contributed by atoms with E-state index < -0.39 is 0 Å².